The summed E-state index contributed by atoms with van der Waals surface area (Å²) in [6.07, 6.45) is 1.78. The molecule has 0 saturated heterocycles. The zero-order valence-corrected chi connectivity index (χ0v) is 6.09. The van der Waals surface area contributed by atoms with Gasteiger partial charge in [-0.3, -0.25) is 0 Å². The summed E-state index contributed by atoms with van der Waals surface area (Å²) in [6, 6.07) is 0. The Kier molecular flexibility index (Phi) is 4.37. The van der Waals surface area contributed by atoms with Gasteiger partial charge in [-0.05, 0) is 13.0 Å². The van der Waals surface area contributed by atoms with E-state index < -0.39 is 11.7 Å². The molecule has 0 amide bonds. The maximum Gasteiger partial charge on any atom is 0.372 e. The van der Waals surface area contributed by atoms with E-state index in [1.165, 1.54) is 0 Å². The normalized spacial score (nSPS) is 8.90. The molecule has 0 heterocycles. The molecule has 0 radical (unpaired) electrons. The van der Waals surface area contributed by atoms with Gasteiger partial charge in [0, 0.05) is 0 Å². The van der Waals surface area contributed by atoms with Crippen LogP contribution in [0.3, 0.4) is 0 Å². The lowest BCUT2D eigenvalue weighted by molar-refractivity contribution is -0.142. The van der Waals surface area contributed by atoms with E-state index >= 15 is 0 Å². The summed E-state index contributed by atoms with van der Waals surface area (Å²) in [4.78, 5) is 10.4. The summed E-state index contributed by atoms with van der Waals surface area (Å²) in [7, 11) is 0. The minimum absolute atomic E-state index is 0.356. The molecule has 0 aromatic heterocycles. The Morgan fingerprint density at radius 1 is 1.70 bits per heavy atom. The summed E-state index contributed by atoms with van der Waals surface area (Å²) in [5.41, 5.74) is 0. The predicted molar refractivity (Wildman–Crippen MR) is 37.6 cm³/mol. The quantitative estimate of drug-likeness (QED) is 0.281. The molecule has 0 bridgehead atoms. The smallest absolute Gasteiger partial charge is 0.372 e. The highest BCUT2D eigenvalue weighted by Crippen LogP contribution is 1.92. The Labute approximate surface area is 60.3 Å². The molecule has 0 rings (SSSR count). The van der Waals surface area contributed by atoms with E-state index in [1.54, 1.807) is 0 Å². The van der Waals surface area contributed by atoms with Crippen LogP contribution in [0, 0.1) is 0 Å². The van der Waals surface area contributed by atoms with Crippen molar-refractivity contribution in [3.05, 3.63) is 12.3 Å². The first-order chi connectivity index (χ1) is 4.68. The van der Waals surface area contributed by atoms with Gasteiger partial charge < -0.3 is 9.84 Å². The summed E-state index contributed by atoms with van der Waals surface area (Å²) < 4.78 is 4.56. The largest absolute Gasteiger partial charge is 0.502 e. The fourth-order valence-corrected chi connectivity index (χ4v) is 0.393. The molecule has 10 heavy (non-hydrogen) atoms. The Balaban J connectivity index is 3.31. The van der Waals surface area contributed by atoms with Crippen LogP contribution in [0.15, 0.2) is 12.3 Å². The molecule has 0 aliphatic carbocycles. The van der Waals surface area contributed by atoms with Gasteiger partial charge in [0.05, 0.1) is 6.61 Å². The fraction of sp³-hybridized carbons (Fsp3) is 0.571. The van der Waals surface area contributed by atoms with Crippen molar-refractivity contribution in [2.24, 2.45) is 0 Å². The first-order valence-corrected chi connectivity index (χ1v) is 3.23. The van der Waals surface area contributed by atoms with Crippen LogP contribution in [0.2, 0.25) is 0 Å². The minimum Gasteiger partial charge on any atom is -0.502 e. The van der Waals surface area contributed by atoms with Gasteiger partial charge in [0.25, 0.3) is 0 Å². The first kappa shape index (κ1) is 9.01. The van der Waals surface area contributed by atoms with Crippen molar-refractivity contribution >= 4 is 5.97 Å². The highest BCUT2D eigenvalue weighted by Gasteiger charge is 2.03. The van der Waals surface area contributed by atoms with Gasteiger partial charge in [-0.1, -0.05) is 13.3 Å². The number of aliphatic hydroxyl groups is 1. The van der Waals surface area contributed by atoms with Crippen LogP contribution in [-0.2, 0) is 9.53 Å². The van der Waals surface area contributed by atoms with Gasteiger partial charge in [0.2, 0.25) is 0 Å². The summed E-state index contributed by atoms with van der Waals surface area (Å²) in [5, 5.41) is 8.45. The molecule has 3 heteroatoms. The lowest BCUT2D eigenvalue weighted by atomic mass is 10.4. The standard InChI is InChI=1S/C7H12O3/c1-3-4-5-10-7(9)6(2)8/h8H,2-5H2,1H3. The number of hydrogen-bond acceptors (Lipinski definition) is 3. The molecular formula is C7H12O3. The van der Waals surface area contributed by atoms with Crippen molar-refractivity contribution in [2.45, 2.75) is 19.8 Å². The second kappa shape index (κ2) is 4.85. The third kappa shape index (κ3) is 3.95. The van der Waals surface area contributed by atoms with Crippen LogP contribution in [-0.4, -0.2) is 17.7 Å². The number of unbranched alkanes of at least 4 members (excludes halogenated alkanes) is 1. The zero-order valence-electron chi connectivity index (χ0n) is 6.09. The number of carbonyl (C=O) groups is 1. The average Bonchev–Trinajstić information content (AvgIpc) is 1.88. The molecule has 0 aromatic rings. The van der Waals surface area contributed by atoms with Gasteiger partial charge in [0.1, 0.15) is 0 Å². The Bertz CT molecular complexity index is 129. The lowest BCUT2D eigenvalue weighted by Crippen LogP contribution is -2.07. The molecule has 1 N–H and O–H groups in total. The van der Waals surface area contributed by atoms with Crippen LogP contribution in [0.5, 0.6) is 0 Å². The zero-order chi connectivity index (χ0) is 7.98. The Hall–Kier alpha value is -0.990. The number of rotatable bonds is 4. The highest BCUT2D eigenvalue weighted by molar-refractivity contribution is 5.84. The van der Waals surface area contributed by atoms with Crippen LogP contribution >= 0.6 is 0 Å². The molecule has 0 atom stereocenters. The average molecular weight is 144 g/mol. The molecule has 0 spiro atoms. The van der Waals surface area contributed by atoms with Gasteiger partial charge in [0.15, 0.2) is 5.76 Å². The first-order valence-electron chi connectivity index (χ1n) is 3.23. The van der Waals surface area contributed by atoms with Crippen LogP contribution < -0.4 is 0 Å². The molecule has 0 aromatic carbocycles. The molecule has 58 valence electrons. The fourth-order valence-electron chi connectivity index (χ4n) is 0.393. The minimum atomic E-state index is -0.728. The number of carbonyl (C=O) groups excluding carboxylic acids is 1. The third-order valence-corrected chi connectivity index (χ3v) is 0.967. The summed E-state index contributed by atoms with van der Waals surface area (Å²) >= 11 is 0. The Morgan fingerprint density at radius 3 is 2.70 bits per heavy atom. The maximum absolute atomic E-state index is 10.4. The molecular weight excluding hydrogens is 132 g/mol. The second-order valence-electron chi connectivity index (χ2n) is 1.94. The molecule has 0 fully saturated rings. The van der Waals surface area contributed by atoms with E-state index in [2.05, 4.69) is 11.3 Å². The molecule has 0 saturated carbocycles. The highest BCUT2D eigenvalue weighted by atomic mass is 16.5. The number of aliphatic hydroxyl groups excluding tert-OH is 1. The SMILES string of the molecule is C=C(O)C(=O)OCCCC. The van der Waals surface area contributed by atoms with Gasteiger partial charge in [-0.25, -0.2) is 4.79 Å². The molecule has 0 aliphatic heterocycles. The maximum atomic E-state index is 10.4. The van der Waals surface area contributed by atoms with Crippen LogP contribution in [0.25, 0.3) is 0 Å². The van der Waals surface area contributed by atoms with Crippen LogP contribution in [0.4, 0.5) is 0 Å². The van der Waals surface area contributed by atoms with E-state index in [4.69, 9.17) is 5.11 Å². The van der Waals surface area contributed by atoms with Crippen molar-refractivity contribution < 1.29 is 14.6 Å². The monoisotopic (exact) mass is 144 g/mol. The van der Waals surface area contributed by atoms with Gasteiger partial charge in [-0.2, -0.15) is 0 Å². The number of hydrogen-bond donors (Lipinski definition) is 1. The van der Waals surface area contributed by atoms with E-state index in [0.29, 0.717) is 6.61 Å². The van der Waals surface area contributed by atoms with Gasteiger partial charge in [-0.15, -0.1) is 0 Å². The van der Waals surface area contributed by atoms with Crippen molar-refractivity contribution in [3.63, 3.8) is 0 Å². The second-order valence-corrected chi connectivity index (χ2v) is 1.94. The topological polar surface area (TPSA) is 46.5 Å². The van der Waals surface area contributed by atoms with Crippen molar-refractivity contribution in [3.8, 4) is 0 Å². The molecule has 0 aliphatic rings. The van der Waals surface area contributed by atoms with E-state index in [0.717, 1.165) is 12.8 Å². The van der Waals surface area contributed by atoms with Crippen molar-refractivity contribution in [1.82, 2.24) is 0 Å². The lowest BCUT2D eigenvalue weighted by Gasteiger charge is -2.00. The third-order valence-electron chi connectivity index (χ3n) is 0.967. The molecule has 0 unspecified atom stereocenters. The van der Waals surface area contributed by atoms with Crippen molar-refractivity contribution in [2.75, 3.05) is 6.61 Å². The van der Waals surface area contributed by atoms with Crippen LogP contribution in [0.1, 0.15) is 19.8 Å². The van der Waals surface area contributed by atoms with E-state index in [1.807, 2.05) is 6.92 Å². The Morgan fingerprint density at radius 2 is 2.30 bits per heavy atom. The molecule has 3 nitrogen and oxygen atoms in total. The summed E-state index contributed by atoms with van der Waals surface area (Å²) in [6.45, 7) is 5.36. The van der Waals surface area contributed by atoms with Gasteiger partial charge >= 0.3 is 5.97 Å². The number of ether oxygens (including phenoxy) is 1. The van der Waals surface area contributed by atoms with Crippen molar-refractivity contribution in [1.29, 1.82) is 0 Å². The predicted octanol–water partition coefficient (Wildman–Crippen LogP) is 1.40. The van der Waals surface area contributed by atoms with E-state index in [9.17, 15) is 4.79 Å². The summed E-state index contributed by atoms with van der Waals surface area (Å²) in [5.74, 6) is -1.26. The van der Waals surface area contributed by atoms with E-state index in [-0.39, 0.29) is 0 Å². The number of esters is 1.